The maximum atomic E-state index is 13.0. The molecule has 0 fully saturated rings. The lowest BCUT2D eigenvalue weighted by molar-refractivity contribution is -0.121. The Hall–Kier alpha value is -2.92. The van der Waals surface area contributed by atoms with E-state index in [1.165, 1.54) is 0 Å². The lowest BCUT2D eigenvalue weighted by Gasteiger charge is -2.29. The number of carbonyl (C=O) groups is 1. The number of hydrogen-bond acceptors (Lipinski definition) is 5. The Morgan fingerprint density at radius 2 is 1.77 bits per heavy atom. The largest absolute Gasteiger partial charge is 0.507 e. The van der Waals surface area contributed by atoms with Gasteiger partial charge in [0.25, 0.3) is 0 Å². The van der Waals surface area contributed by atoms with Crippen molar-refractivity contribution >= 4 is 16.8 Å². The molecule has 1 aromatic heterocycles. The summed E-state index contributed by atoms with van der Waals surface area (Å²) in [6.45, 7) is 5.02. The van der Waals surface area contributed by atoms with Crippen LogP contribution in [0.4, 0.5) is 0 Å². The third kappa shape index (κ3) is 4.62. The Balaban J connectivity index is 2.17. The molecule has 1 heterocycles. The molecule has 0 unspecified atom stereocenters. The second kappa shape index (κ2) is 9.72. The number of ketones is 1. The van der Waals surface area contributed by atoms with Gasteiger partial charge in [-0.25, -0.2) is 4.79 Å². The molecule has 3 rings (SSSR count). The first-order valence-corrected chi connectivity index (χ1v) is 10.4. The number of hydrogen-bond donors (Lipinski definition) is 1. The van der Waals surface area contributed by atoms with E-state index in [-0.39, 0.29) is 17.1 Å². The standard InChI is InChI=1S/C25H29NO4/c1-4-5-15-26(3)16-20(17(2)27)22(18-11-7-6-8-12-18)23-24(28)19-13-9-10-14-21(19)30-25(23)29/h6-14,20,22,28H,4-5,15-16H2,1-3H3/t20-,22+/m0/s1. The van der Waals surface area contributed by atoms with Crippen LogP contribution in [0.25, 0.3) is 11.0 Å². The topological polar surface area (TPSA) is 70.8 Å². The molecule has 0 saturated carbocycles. The molecule has 158 valence electrons. The number of aromatic hydroxyl groups is 1. The third-order valence-corrected chi connectivity index (χ3v) is 5.62. The van der Waals surface area contributed by atoms with E-state index in [4.69, 9.17) is 4.42 Å². The molecule has 0 aliphatic carbocycles. The van der Waals surface area contributed by atoms with Crippen molar-refractivity contribution in [2.24, 2.45) is 5.92 Å². The van der Waals surface area contributed by atoms with Gasteiger partial charge in [0.2, 0.25) is 0 Å². The van der Waals surface area contributed by atoms with E-state index >= 15 is 0 Å². The summed E-state index contributed by atoms with van der Waals surface area (Å²) >= 11 is 0. The number of rotatable bonds is 9. The normalized spacial score (nSPS) is 13.5. The highest BCUT2D eigenvalue weighted by atomic mass is 16.4. The third-order valence-electron chi connectivity index (χ3n) is 5.62. The van der Waals surface area contributed by atoms with Crippen molar-refractivity contribution in [1.29, 1.82) is 0 Å². The van der Waals surface area contributed by atoms with Crippen LogP contribution in [0.15, 0.2) is 63.8 Å². The predicted molar refractivity (Wildman–Crippen MR) is 119 cm³/mol. The minimum atomic E-state index is -0.609. The van der Waals surface area contributed by atoms with Crippen LogP contribution in [0.1, 0.15) is 43.7 Å². The second-order valence-electron chi connectivity index (χ2n) is 7.87. The number of fused-ring (bicyclic) bond motifs is 1. The number of Topliss-reactive ketones (excluding diaryl/α,β-unsaturated/α-hetero) is 1. The van der Waals surface area contributed by atoms with Crippen molar-refractivity contribution in [3.05, 3.63) is 76.1 Å². The molecule has 0 radical (unpaired) electrons. The fourth-order valence-corrected chi connectivity index (χ4v) is 4.01. The van der Waals surface area contributed by atoms with Gasteiger partial charge in [-0.2, -0.15) is 0 Å². The van der Waals surface area contributed by atoms with Crippen molar-refractivity contribution < 1.29 is 14.3 Å². The fourth-order valence-electron chi connectivity index (χ4n) is 4.01. The number of nitrogens with zero attached hydrogens (tertiary/aromatic N) is 1. The highest BCUT2D eigenvalue weighted by Gasteiger charge is 2.34. The van der Waals surface area contributed by atoms with Gasteiger partial charge in [0.05, 0.1) is 10.9 Å². The van der Waals surface area contributed by atoms with Crippen molar-refractivity contribution in [3.8, 4) is 5.75 Å². The molecule has 0 amide bonds. The Labute approximate surface area is 177 Å². The molecule has 3 aromatic rings. The van der Waals surface area contributed by atoms with Gasteiger partial charge in [0.1, 0.15) is 17.1 Å². The molecule has 0 spiro atoms. The zero-order chi connectivity index (χ0) is 21.7. The Kier molecular flexibility index (Phi) is 7.06. The van der Waals surface area contributed by atoms with Crippen molar-refractivity contribution in [2.75, 3.05) is 20.1 Å². The number of benzene rings is 2. The van der Waals surface area contributed by atoms with Crippen LogP contribution in [-0.4, -0.2) is 35.9 Å². The molecule has 0 bridgehead atoms. The molecule has 2 atom stereocenters. The number of para-hydroxylation sites is 1. The molecular formula is C25H29NO4. The molecule has 2 aromatic carbocycles. The highest BCUT2D eigenvalue weighted by Crippen LogP contribution is 2.39. The predicted octanol–water partition coefficient (Wildman–Crippen LogP) is 4.57. The van der Waals surface area contributed by atoms with E-state index in [1.807, 2.05) is 37.4 Å². The Morgan fingerprint density at radius 1 is 1.10 bits per heavy atom. The van der Waals surface area contributed by atoms with Crippen molar-refractivity contribution in [3.63, 3.8) is 0 Å². The quantitative estimate of drug-likeness (QED) is 0.526. The summed E-state index contributed by atoms with van der Waals surface area (Å²) < 4.78 is 5.54. The molecule has 5 nitrogen and oxygen atoms in total. The monoisotopic (exact) mass is 407 g/mol. The number of unbranched alkanes of at least 4 members (excludes halogenated alkanes) is 1. The molecule has 1 N–H and O–H groups in total. The van der Waals surface area contributed by atoms with E-state index in [9.17, 15) is 14.7 Å². The summed E-state index contributed by atoms with van der Waals surface area (Å²) in [6.07, 6.45) is 2.09. The fraction of sp³-hybridized carbons (Fsp3) is 0.360. The van der Waals surface area contributed by atoms with Gasteiger partial charge >= 0.3 is 5.63 Å². The van der Waals surface area contributed by atoms with Crippen LogP contribution in [-0.2, 0) is 4.79 Å². The molecule has 0 aliphatic rings. The smallest absolute Gasteiger partial charge is 0.343 e. The van der Waals surface area contributed by atoms with Crippen LogP contribution in [0.2, 0.25) is 0 Å². The van der Waals surface area contributed by atoms with Gasteiger partial charge in [0.15, 0.2) is 0 Å². The van der Waals surface area contributed by atoms with Gasteiger partial charge in [-0.05, 0) is 44.6 Å². The SMILES string of the molecule is CCCCN(C)C[C@@H](C(C)=O)[C@@H](c1ccccc1)c1c(O)c2ccccc2oc1=O. The summed E-state index contributed by atoms with van der Waals surface area (Å²) in [5.74, 6) is -1.24. The summed E-state index contributed by atoms with van der Waals surface area (Å²) in [7, 11) is 1.98. The molecule has 0 aliphatic heterocycles. The Morgan fingerprint density at radius 3 is 2.43 bits per heavy atom. The first kappa shape index (κ1) is 21.8. The van der Waals surface area contributed by atoms with Crippen molar-refractivity contribution in [2.45, 2.75) is 32.6 Å². The summed E-state index contributed by atoms with van der Waals surface area (Å²) in [5, 5.41) is 11.6. The maximum Gasteiger partial charge on any atom is 0.343 e. The minimum absolute atomic E-state index is 0.0286. The number of carbonyl (C=O) groups excluding carboxylic acids is 1. The van der Waals surface area contributed by atoms with E-state index in [0.29, 0.717) is 17.5 Å². The molecule has 30 heavy (non-hydrogen) atoms. The molecule has 5 heteroatoms. The molecular weight excluding hydrogens is 378 g/mol. The van der Waals surface area contributed by atoms with Gasteiger partial charge in [-0.3, -0.25) is 4.79 Å². The average Bonchev–Trinajstić information content (AvgIpc) is 2.74. The zero-order valence-electron chi connectivity index (χ0n) is 17.8. The Bertz CT molecular complexity index is 1060. The van der Waals surface area contributed by atoms with E-state index in [0.717, 1.165) is 24.9 Å². The van der Waals surface area contributed by atoms with E-state index in [1.54, 1.807) is 31.2 Å². The van der Waals surface area contributed by atoms with Gasteiger partial charge in [-0.15, -0.1) is 0 Å². The highest BCUT2D eigenvalue weighted by molar-refractivity contribution is 5.85. The zero-order valence-corrected chi connectivity index (χ0v) is 17.8. The first-order chi connectivity index (χ1) is 14.4. The summed E-state index contributed by atoms with van der Waals surface area (Å²) in [5.41, 5.74) is 0.668. The first-order valence-electron chi connectivity index (χ1n) is 10.4. The average molecular weight is 408 g/mol. The minimum Gasteiger partial charge on any atom is -0.507 e. The van der Waals surface area contributed by atoms with Crippen LogP contribution in [0.3, 0.4) is 0 Å². The van der Waals surface area contributed by atoms with Crippen LogP contribution in [0, 0.1) is 5.92 Å². The molecule has 0 saturated heterocycles. The van der Waals surface area contributed by atoms with Crippen LogP contribution < -0.4 is 5.63 Å². The van der Waals surface area contributed by atoms with Crippen LogP contribution in [0.5, 0.6) is 5.75 Å². The maximum absolute atomic E-state index is 13.0. The van der Waals surface area contributed by atoms with Gasteiger partial charge < -0.3 is 14.4 Å². The van der Waals surface area contributed by atoms with E-state index < -0.39 is 17.5 Å². The lowest BCUT2D eigenvalue weighted by Crippen LogP contribution is -2.36. The van der Waals surface area contributed by atoms with E-state index in [2.05, 4.69) is 11.8 Å². The van der Waals surface area contributed by atoms with Gasteiger partial charge in [-0.1, -0.05) is 55.8 Å². The second-order valence-corrected chi connectivity index (χ2v) is 7.87. The summed E-state index contributed by atoms with van der Waals surface area (Å²) in [6, 6.07) is 16.3. The van der Waals surface area contributed by atoms with Gasteiger partial charge in [0, 0.05) is 18.4 Å². The summed E-state index contributed by atoms with van der Waals surface area (Å²) in [4.78, 5) is 27.9. The lowest BCUT2D eigenvalue weighted by atomic mass is 9.78. The van der Waals surface area contributed by atoms with Crippen LogP contribution >= 0.6 is 0 Å². The van der Waals surface area contributed by atoms with Crippen molar-refractivity contribution in [1.82, 2.24) is 4.90 Å².